The van der Waals surface area contributed by atoms with Gasteiger partial charge in [0.05, 0.1) is 5.60 Å². The van der Waals surface area contributed by atoms with E-state index >= 15 is 0 Å². The summed E-state index contributed by atoms with van der Waals surface area (Å²) in [5.41, 5.74) is 9.72. The molecule has 2 amide bonds. The predicted octanol–water partition coefficient (Wildman–Crippen LogP) is 5.07. The Morgan fingerprint density at radius 1 is 1.10 bits per heavy atom. The van der Waals surface area contributed by atoms with Gasteiger partial charge in [0.25, 0.3) is 0 Å². The van der Waals surface area contributed by atoms with E-state index in [-0.39, 0.29) is 17.9 Å². The van der Waals surface area contributed by atoms with Gasteiger partial charge in [-0.15, -0.1) is 10.2 Å². The highest BCUT2D eigenvalue weighted by atomic mass is 32.1. The lowest BCUT2D eigenvalue weighted by atomic mass is 9.63. The number of rotatable bonds is 7. The maximum Gasteiger partial charge on any atom is 0.407 e. The van der Waals surface area contributed by atoms with E-state index in [2.05, 4.69) is 15.5 Å². The standard InChI is InChI=1S/C29H35N5O4S/c1-28(38)16-29(30,17-28)21-7-5-19(6-8-21)26-23(20-11-12-39-15-20)14-24(32-33-26)31-25(35)13-18-3-9-22(10-4-18)34(2)27(36)37/h5-8,11-12,14-15,18,22,38H,3-4,9-10,13,16-17,30H2,1-2H3,(H,36,37)(H,31,32,35)/t18?,22?,28-,29-. The minimum atomic E-state index is -0.911. The topological polar surface area (TPSA) is 142 Å². The van der Waals surface area contributed by atoms with E-state index in [0.29, 0.717) is 30.8 Å². The van der Waals surface area contributed by atoms with Crippen LogP contribution in [0.25, 0.3) is 22.4 Å². The van der Waals surface area contributed by atoms with Crippen molar-refractivity contribution in [2.75, 3.05) is 12.4 Å². The Balaban J connectivity index is 1.28. The van der Waals surface area contributed by atoms with Crippen LogP contribution in [0.2, 0.25) is 0 Å². The number of benzene rings is 1. The summed E-state index contributed by atoms with van der Waals surface area (Å²) in [5.74, 6) is 0.506. The Morgan fingerprint density at radius 2 is 1.79 bits per heavy atom. The molecule has 0 saturated heterocycles. The first-order valence-corrected chi connectivity index (χ1v) is 14.3. The molecule has 1 aromatic carbocycles. The third-order valence-electron chi connectivity index (χ3n) is 8.16. The summed E-state index contributed by atoms with van der Waals surface area (Å²) in [6.07, 6.45) is 3.67. The van der Waals surface area contributed by atoms with E-state index < -0.39 is 17.2 Å². The van der Waals surface area contributed by atoms with Crippen LogP contribution >= 0.6 is 11.3 Å². The van der Waals surface area contributed by atoms with E-state index in [9.17, 15) is 19.8 Å². The van der Waals surface area contributed by atoms with Crippen LogP contribution in [-0.2, 0) is 10.3 Å². The zero-order valence-corrected chi connectivity index (χ0v) is 23.1. The highest BCUT2D eigenvalue weighted by molar-refractivity contribution is 7.08. The van der Waals surface area contributed by atoms with Crippen molar-refractivity contribution in [1.82, 2.24) is 15.1 Å². The van der Waals surface area contributed by atoms with E-state index in [4.69, 9.17) is 5.73 Å². The third-order valence-corrected chi connectivity index (χ3v) is 8.84. The van der Waals surface area contributed by atoms with E-state index in [0.717, 1.165) is 47.9 Å². The first-order chi connectivity index (χ1) is 18.5. The number of anilines is 1. The van der Waals surface area contributed by atoms with Crippen molar-refractivity contribution in [2.45, 2.75) is 69.1 Å². The molecular formula is C29H35N5O4S. The number of hydrogen-bond donors (Lipinski definition) is 4. The van der Waals surface area contributed by atoms with Crippen LogP contribution in [0.3, 0.4) is 0 Å². The largest absolute Gasteiger partial charge is 0.465 e. The van der Waals surface area contributed by atoms with E-state index in [1.165, 1.54) is 4.90 Å². The van der Waals surface area contributed by atoms with Crippen molar-refractivity contribution >= 4 is 29.2 Å². The summed E-state index contributed by atoms with van der Waals surface area (Å²) in [6, 6.07) is 11.8. The summed E-state index contributed by atoms with van der Waals surface area (Å²) in [4.78, 5) is 25.4. The molecule has 2 saturated carbocycles. The molecule has 2 heterocycles. The first-order valence-electron chi connectivity index (χ1n) is 13.3. The average Bonchev–Trinajstić information content (AvgIpc) is 3.42. The zero-order valence-electron chi connectivity index (χ0n) is 22.3. The molecule has 0 aliphatic heterocycles. The molecule has 2 fully saturated rings. The first kappa shape index (κ1) is 27.2. The molecule has 0 radical (unpaired) electrons. The summed E-state index contributed by atoms with van der Waals surface area (Å²) in [6.45, 7) is 1.81. The fourth-order valence-electron chi connectivity index (χ4n) is 6.12. The van der Waals surface area contributed by atoms with Gasteiger partial charge >= 0.3 is 6.09 Å². The lowest BCUT2D eigenvalue weighted by Gasteiger charge is -2.49. The minimum absolute atomic E-state index is 0.0152. The Bertz CT molecular complexity index is 1330. The third kappa shape index (κ3) is 5.98. The Hall–Kier alpha value is -3.34. The predicted molar refractivity (Wildman–Crippen MR) is 151 cm³/mol. The number of carbonyl (C=O) groups excluding carboxylic acids is 1. The number of carbonyl (C=O) groups is 2. The highest BCUT2D eigenvalue weighted by Gasteiger charge is 2.49. The van der Waals surface area contributed by atoms with Crippen molar-refractivity contribution in [3.8, 4) is 22.4 Å². The molecule has 3 aromatic rings. The van der Waals surface area contributed by atoms with Crippen molar-refractivity contribution in [3.63, 3.8) is 0 Å². The lowest BCUT2D eigenvalue weighted by Crippen LogP contribution is -2.58. The lowest BCUT2D eigenvalue weighted by molar-refractivity contribution is -0.117. The molecular weight excluding hydrogens is 514 g/mol. The van der Waals surface area contributed by atoms with Crippen molar-refractivity contribution in [3.05, 3.63) is 52.7 Å². The number of nitrogens with zero attached hydrogens (tertiary/aromatic N) is 3. The number of hydrogen-bond acceptors (Lipinski definition) is 7. The number of carboxylic acid groups (broad SMARTS) is 1. The number of thiophene rings is 1. The van der Waals surface area contributed by atoms with Gasteiger partial charge in [0.15, 0.2) is 5.82 Å². The SMILES string of the molecule is CN(C(=O)O)C1CCC(CC(=O)Nc2cc(-c3ccsc3)c(-c3ccc([C@]4(N)C[C@](C)(O)C4)cc3)nn2)CC1. The smallest absolute Gasteiger partial charge is 0.407 e. The van der Waals surface area contributed by atoms with Gasteiger partial charge < -0.3 is 26.2 Å². The molecule has 39 heavy (non-hydrogen) atoms. The fraction of sp³-hybridized carbons (Fsp3) is 0.448. The molecule has 5 rings (SSSR count). The number of aliphatic hydroxyl groups is 1. The maximum absolute atomic E-state index is 12.9. The summed E-state index contributed by atoms with van der Waals surface area (Å²) >= 11 is 1.59. The van der Waals surface area contributed by atoms with E-state index in [1.807, 2.05) is 47.2 Å². The van der Waals surface area contributed by atoms with Crippen molar-refractivity contribution < 1.29 is 19.8 Å². The summed E-state index contributed by atoms with van der Waals surface area (Å²) in [7, 11) is 1.61. The normalized spacial score (nSPS) is 26.5. The molecule has 206 valence electrons. The summed E-state index contributed by atoms with van der Waals surface area (Å²) in [5, 5.41) is 35.2. The van der Waals surface area contributed by atoms with Crippen LogP contribution < -0.4 is 11.1 Å². The second kappa shape index (κ2) is 10.7. The van der Waals surface area contributed by atoms with Gasteiger partial charge in [0, 0.05) is 36.2 Å². The minimum Gasteiger partial charge on any atom is -0.465 e. The van der Waals surface area contributed by atoms with Crippen molar-refractivity contribution in [2.24, 2.45) is 11.7 Å². The Labute approximate surface area is 232 Å². The van der Waals surface area contributed by atoms with Gasteiger partial charge in [-0.25, -0.2) is 4.79 Å². The Kier molecular flexibility index (Phi) is 7.45. The van der Waals surface area contributed by atoms with Crippen LogP contribution in [-0.4, -0.2) is 56.0 Å². The van der Waals surface area contributed by atoms with Crippen LogP contribution in [0.5, 0.6) is 0 Å². The van der Waals surface area contributed by atoms with E-state index in [1.54, 1.807) is 25.3 Å². The number of nitrogens with one attached hydrogen (secondary N) is 1. The summed E-state index contributed by atoms with van der Waals surface area (Å²) < 4.78 is 0. The van der Waals surface area contributed by atoms with Gasteiger partial charge in [-0.2, -0.15) is 11.3 Å². The second-order valence-electron chi connectivity index (χ2n) is 11.4. The molecule has 10 heteroatoms. The number of aromatic nitrogens is 2. The molecule has 0 bridgehead atoms. The molecule has 2 aliphatic carbocycles. The highest BCUT2D eigenvalue weighted by Crippen LogP contribution is 2.46. The second-order valence-corrected chi connectivity index (χ2v) is 12.2. The monoisotopic (exact) mass is 549 g/mol. The molecule has 0 unspecified atom stereocenters. The number of amides is 2. The molecule has 9 nitrogen and oxygen atoms in total. The van der Waals surface area contributed by atoms with Gasteiger partial charge in [0.1, 0.15) is 5.69 Å². The molecule has 0 atom stereocenters. The molecule has 0 spiro atoms. The molecule has 2 aliphatic rings. The van der Waals surface area contributed by atoms with Gasteiger partial charge in [-0.05, 0) is 85.4 Å². The Morgan fingerprint density at radius 3 is 2.38 bits per heavy atom. The average molecular weight is 550 g/mol. The van der Waals surface area contributed by atoms with Crippen LogP contribution in [0, 0.1) is 5.92 Å². The maximum atomic E-state index is 12.9. The quantitative estimate of drug-likeness (QED) is 0.322. The molecule has 2 aromatic heterocycles. The fourth-order valence-corrected chi connectivity index (χ4v) is 6.78. The van der Waals surface area contributed by atoms with Crippen LogP contribution in [0.15, 0.2) is 47.2 Å². The van der Waals surface area contributed by atoms with Gasteiger partial charge in [0.2, 0.25) is 5.91 Å². The number of nitrogens with two attached hydrogens (primary N) is 1. The van der Waals surface area contributed by atoms with Crippen LogP contribution in [0.1, 0.15) is 57.4 Å². The zero-order chi connectivity index (χ0) is 27.8. The molecule has 5 N–H and O–H groups in total. The van der Waals surface area contributed by atoms with Gasteiger partial charge in [-0.3, -0.25) is 4.79 Å². The van der Waals surface area contributed by atoms with Crippen molar-refractivity contribution in [1.29, 1.82) is 0 Å². The van der Waals surface area contributed by atoms with Crippen LogP contribution in [0.4, 0.5) is 10.6 Å². The van der Waals surface area contributed by atoms with Gasteiger partial charge in [-0.1, -0.05) is 24.3 Å².